The molecule has 3 N–H and O–H groups in total. The van der Waals surface area contributed by atoms with E-state index in [4.69, 9.17) is 5.73 Å². The third-order valence-electron chi connectivity index (χ3n) is 2.50. The van der Waals surface area contributed by atoms with Gasteiger partial charge in [-0.3, -0.25) is 4.79 Å². The highest BCUT2D eigenvalue weighted by molar-refractivity contribution is 9.10. The number of carbonyl (C=O) groups excluding carboxylic acids is 1. The summed E-state index contributed by atoms with van der Waals surface area (Å²) in [6.07, 6.45) is 0. The maximum Gasteiger partial charge on any atom is 0.239 e. The maximum atomic E-state index is 11.7. The average molecular weight is 314 g/mol. The Morgan fingerprint density at radius 3 is 2.72 bits per heavy atom. The maximum absolute atomic E-state index is 11.7. The van der Waals surface area contributed by atoms with Gasteiger partial charge in [-0.15, -0.1) is 0 Å². The van der Waals surface area contributed by atoms with Gasteiger partial charge < -0.3 is 16.0 Å². The summed E-state index contributed by atoms with van der Waals surface area (Å²) in [5.41, 5.74) is 7.72. The topological polar surface area (TPSA) is 58.4 Å². The fourth-order valence-corrected chi connectivity index (χ4v) is 2.17. The van der Waals surface area contributed by atoms with Gasteiger partial charge in [-0.1, -0.05) is 15.9 Å². The fraction of sp³-hybridized carbons (Fsp3) is 0.462. The van der Waals surface area contributed by atoms with Crippen LogP contribution >= 0.6 is 15.9 Å². The molecule has 0 heterocycles. The first-order valence-electron chi connectivity index (χ1n) is 5.93. The Labute approximate surface area is 117 Å². The Bertz CT molecular complexity index is 421. The number of hydrogen-bond donors (Lipinski definition) is 2. The van der Waals surface area contributed by atoms with Gasteiger partial charge in [0.25, 0.3) is 0 Å². The van der Waals surface area contributed by atoms with Gasteiger partial charge in [0.15, 0.2) is 0 Å². The van der Waals surface area contributed by atoms with Gasteiger partial charge in [-0.25, -0.2) is 0 Å². The lowest BCUT2D eigenvalue weighted by molar-refractivity contribution is -0.120. The Morgan fingerprint density at radius 1 is 1.50 bits per heavy atom. The van der Waals surface area contributed by atoms with E-state index in [1.807, 2.05) is 44.0 Å². The van der Waals surface area contributed by atoms with E-state index in [1.54, 1.807) is 0 Å². The fourth-order valence-electron chi connectivity index (χ4n) is 1.76. The van der Waals surface area contributed by atoms with Crippen molar-refractivity contribution in [3.63, 3.8) is 0 Å². The molecular weight excluding hydrogens is 294 g/mol. The molecule has 0 unspecified atom stereocenters. The lowest BCUT2D eigenvalue weighted by Gasteiger charge is -2.22. The van der Waals surface area contributed by atoms with Gasteiger partial charge in [0.1, 0.15) is 0 Å². The molecule has 0 saturated carbocycles. The number of hydrogen-bond acceptors (Lipinski definition) is 3. The number of nitrogens with zero attached hydrogens (tertiary/aromatic N) is 1. The number of anilines is 1. The van der Waals surface area contributed by atoms with Crippen LogP contribution < -0.4 is 16.0 Å². The van der Waals surface area contributed by atoms with E-state index in [0.29, 0.717) is 13.1 Å². The molecule has 0 fully saturated rings. The van der Waals surface area contributed by atoms with E-state index in [9.17, 15) is 4.79 Å². The lowest BCUT2D eigenvalue weighted by Crippen LogP contribution is -2.38. The summed E-state index contributed by atoms with van der Waals surface area (Å²) in [7, 11) is 1.89. The van der Waals surface area contributed by atoms with E-state index in [1.165, 1.54) is 0 Å². The van der Waals surface area contributed by atoms with Crippen molar-refractivity contribution in [3.05, 3.63) is 28.2 Å². The zero-order valence-corrected chi connectivity index (χ0v) is 12.6. The molecule has 5 heteroatoms. The minimum Gasteiger partial charge on any atom is -0.365 e. The normalized spacial score (nSPS) is 10.6. The number of nitrogens with one attached hydrogen (secondary N) is 1. The first-order chi connectivity index (χ1) is 8.43. The summed E-state index contributed by atoms with van der Waals surface area (Å²) in [5, 5.41) is 2.87. The molecule has 1 amide bonds. The molecule has 1 rings (SSSR count). The smallest absolute Gasteiger partial charge is 0.239 e. The first-order valence-corrected chi connectivity index (χ1v) is 6.72. The standard InChI is InChI=1S/C13H20BrN3O/c1-9(2)16-13(18)8-17(3)12-5-4-11(14)6-10(12)7-15/h4-6,9H,7-8,15H2,1-3H3,(H,16,18). The van der Waals surface area contributed by atoms with E-state index in [-0.39, 0.29) is 11.9 Å². The van der Waals surface area contributed by atoms with Crippen LogP contribution in [-0.2, 0) is 11.3 Å². The second-order valence-electron chi connectivity index (χ2n) is 4.56. The number of carbonyl (C=O) groups is 1. The molecule has 1 aromatic carbocycles. The quantitative estimate of drug-likeness (QED) is 0.872. The molecule has 100 valence electrons. The van der Waals surface area contributed by atoms with Crippen molar-refractivity contribution in [2.24, 2.45) is 5.73 Å². The number of nitrogens with two attached hydrogens (primary N) is 1. The summed E-state index contributed by atoms with van der Waals surface area (Å²) in [6, 6.07) is 6.05. The van der Waals surface area contributed by atoms with Gasteiger partial charge in [0.05, 0.1) is 6.54 Å². The molecule has 0 aromatic heterocycles. The highest BCUT2D eigenvalue weighted by Gasteiger charge is 2.11. The van der Waals surface area contributed by atoms with E-state index in [2.05, 4.69) is 21.2 Å². The first kappa shape index (κ1) is 15.0. The highest BCUT2D eigenvalue weighted by atomic mass is 79.9. The van der Waals surface area contributed by atoms with Crippen LogP contribution in [0.2, 0.25) is 0 Å². The minimum absolute atomic E-state index is 0.0124. The van der Waals surface area contributed by atoms with Gasteiger partial charge in [0, 0.05) is 29.8 Å². The van der Waals surface area contributed by atoms with Gasteiger partial charge in [-0.2, -0.15) is 0 Å². The van der Waals surface area contributed by atoms with Crippen molar-refractivity contribution in [2.45, 2.75) is 26.4 Å². The van der Waals surface area contributed by atoms with Crippen molar-refractivity contribution < 1.29 is 4.79 Å². The SMILES string of the molecule is CC(C)NC(=O)CN(C)c1ccc(Br)cc1CN. The van der Waals surface area contributed by atoms with Crippen molar-refractivity contribution in [1.29, 1.82) is 0 Å². The molecule has 4 nitrogen and oxygen atoms in total. The van der Waals surface area contributed by atoms with Crippen LogP contribution in [0.3, 0.4) is 0 Å². The highest BCUT2D eigenvalue weighted by Crippen LogP contribution is 2.23. The molecule has 0 radical (unpaired) electrons. The van der Waals surface area contributed by atoms with E-state index in [0.717, 1.165) is 15.7 Å². The predicted octanol–water partition coefficient (Wildman–Crippen LogP) is 1.87. The summed E-state index contributed by atoms with van der Waals surface area (Å²) in [4.78, 5) is 13.6. The zero-order valence-electron chi connectivity index (χ0n) is 11.0. The van der Waals surface area contributed by atoms with Crippen molar-refractivity contribution >= 4 is 27.5 Å². The van der Waals surface area contributed by atoms with Crippen LogP contribution in [0.1, 0.15) is 19.4 Å². The Kier molecular flexibility index (Phi) is 5.62. The molecule has 1 aromatic rings. The van der Waals surface area contributed by atoms with Gasteiger partial charge in [0.2, 0.25) is 5.91 Å². The van der Waals surface area contributed by atoms with Gasteiger partial charge >= 0.3 is 0 Å². The molecule has 18 heavy (non-hydrogen) atoms. The summed E-state index contributed by atoms with van der Waals surface area (Å²) in [5.74, 6) is 0.0124. The van der Waals surface area contributed by atoms with Crippen LogP contribution in [0.25, 0.3) is 0 Å². The molecule has 0 saturated heterocycles. The van der Waals surface area contributed by atoms with Crippen molar-refractivity contribution in [2.75, 3.05) is 18.5 Å². The van der Waals surface area contributed by atoms with Crippen molar-refractivity contribution in [1.82, 2.24) is 5.32 Å². The molecular formula is C13H20BrN3O. The van der Waals surface area contributed by atoms with Crippen LogP contribution in [0.5, 0.6) is 0 Å². The molecule has 0 aliphatic rings. The van der Waals surface area contributed by atoms with Crippen LogP contribution in [0.15, 0.2) is 22.7 Å². The molecule has 0 bridgehead atoms. The number of benzene rings is 1. The number of halogens is 1. The number of likely N-dealkylation sites (N-methyl/N-ethyl adjacent to an activating group) is 1. The van der Waals surface area contributed by atoms with Gasteiger partial charge in [-0.05, 0) is 37.6 Å². The van der Waals surface area contributed by atoms with E-state index < -0.39 is 0 Å². The van der Waals surface area contributed by atoms with Crippen LogP contribution in [0.4, 0.5) is 5.69 Å². The monoisotopic (exact) mass is 313 g/mol. The molecule has 0 atom stereocenters. The third kappa shape index (κ3) is 4.31. The minimum atomic E-state index is 0.0124. The average Bonchev–Trinajstić information content (AvgIpc) is 2.27. The van der Waals surface area contributed by atoms with E-state index >= 15 is 0 Å². The lowest BCUT2D eigenvalue weighted by atomic mass is 10.1. The van der Waals surface area contributed by atoms with Crippen LogP contribution in [-0.4, -0.2) is 25.5 Å². The Hall–Kier alpha value is -1.07. The largest absolute Gasteiger partial charge is 0.365 e. The second kappa shape index (κ2) is 6.75. The summed E-state index contributed by atoms with van der Waals surface area (Å²) >= 11 is 3.42. The molecule has 0 aliphatic carbocycles. The Balaban J connectivity index is 2.77. The predicted molar refractivity (Wildman–Crippen MR) is 78.6 cm³/mol. The molecule has 0 spiro atoms. The Morgan fingerprint density at radius 2 is 2.17 bits per heavy atom. The number of amides is 1. The van der Waals surface area contributed by atoms with Crippen LogP contribution in [0, 0.1) is 0 Å². The van der Waals surface area contributed by atoms with Crippen molar-refractivity contribution in [3.8, 4) is 0 Å². The number of rotatable bonds is 5. The summed E-state index contributed by atoms with van der Waals surface area (Å²) in [6.45, 7) is 4.67. The third-order valence-corrected chi connectivity index (χ3v) is 3.00. The second-order valence-corrected chi connectivity index (χ2v) is 5.47. The summed E-state index contributed by atoms with van der Waals surface area (Å²) < 4.78 is 0.992. The molecule has 0 aliphatic heterocycles. The zero-order chi connectivity index (χ0) is 13.7.